The number of aliphatic hydroxyl groups is 1. The Labute approximate surface area is 299 Å². The lowest BCUT2D eigenvalue weighted by Gasteiger charge is -2.27. The van der Waals surface area contributed by atoms with Gasteiger partial charge in [-0.1, -0.05) is 18.6 Å². The fourth-order valence-electron chi connectivity index (χ4n) is 5.61. The number of fused-ring (bicyclic) bond motifs is 1. The van der Waals surface area contributed by atoms with E-state index < -0.39 is 34.4 Å². The molecule has 49 heavy (non-hydrogen) atoms. The van der Waals surface area contributed by atoms with Gasteiger partial charge in [-0.3, -0.25) is 24.2 Å². The lowest BCUT2D eigenvalue weighted by atomic mass is 9.92. The predicted octanol–water partition coefficient (Wildman–Crippen LogP) is 2.03. The molecule has 4 aliphatic rings. The van der Waals surface area contributed by atoms with E-state index in [0.717, 1.165) is 20.1 Å². The Kier molecular flexibility index (Phi) is 17.4. The van der Waals surface area contributed by atoms with E-state index in [9.17, 15) is 33.6 Å². The summed E-state index contributed by atoms with van der Waals surface area (Å²) < 4.78 is 4.74. The summed E-state index contributed by atoms with van der Waals surface area (Å²) in [6, 6.07) is 0. The van der Waals surface area contributed by atoms with Gasteiger partial charge in [0.05, 0.1) is 12.9 Å². The SMILES string of the molecule is C1CCC2=NCCCN2CC1.C=C[C@H]1C[C@@]1(C(N)=O)C(=O)OC.C=C[C@H]1C[C@@]1(CC(C)=O)C(C)=O.CO.O=c1n(Cl)c(=O)n(Cl)c(=O)n1Cl. The number of Topliss-reactive ketones (excluding diaryl/α,β-unsaturated/α-hetero) is 2. The molecule has 0 aromatic carbocycles. The minimum Gasteiger partial charge on any atom is -0.468 e. The molecular formula is C31H45Cl3N6O9. The zero-order valence-corrected chi connectivity index (χ0v) is 30.4. The van der Waals surface area contributed by atoms with Crippen LogP contribution in [0.4, 0.5) is 0 Å². The summed E-state index contributed by atoms with van der Waals surface area (Å²) in [5.74, 6) is 0.520. The molecule has 5 rings (SSSR count). The van der Waals surface area contributed by atoms with E-state index in [-0.39, 0.29) is 41.1 Å². The summed E-state index contributed by atoms with van der Waals surface area (Å²) in [7, 11) is 2.24. The molecule has 3 N–H and O–H groups in total. The second-order valence-corrected chi connectivity index (χ2v) is 12.7. The first-order chi connectivity index (χ1) is 23.0. The van der Waals surface area contributed by atoms with Gasteiger partial charge in [-0.15, -0.1) is 25.4 Å². The number of carbonyl (C=O) groups is 4. The predicted molar refractivity (Wildman–Crippen MR) is 187 cm³/mol. The number of amides is 1. The number of nitrogens with zero attached hydrogens (tertiary/aromatic N) is 5. The monoisotopic (exact) mass is 750 g/mol. The van der Waals surface area contributed by atoms with Crippen molar-refractivity contribution < 1.29 is 29.0 Å². The molecule has 18 heteroatoms. The molecule has 1 saturated heterocycles. The molecule has 3 heterocycles. The number of allylic oxidation sites excluding steroid dienone is 2. The Balaban J connectivity index is 0.000000321. The molecule has 4 atom stereocenters. The average molecular weight is 752 g/mol. The number of aliphatic imine (C=N–C) groups is 1. The zero-order valence-electron chi connectivity index (χ0n) is 28.2. The highest BCUT2D eigenvalue weighted by atomic mass is 35.5. The van der Waals surface area contributed by atoms with Crippen LogP contribution >= 0.6 is 35.3 Å². The molecule has 2 aliphatic heterocycles. The molecule has 1 amide bonds. The highest BCUT2D eigenvalue weighted by molar-refractivity contribution is 6.19. The normalized spacial score (nSPS) is 24.2. The number of aliphatic hydroxyl groups excluding tert-OH is 1. The van der Waals surface area contributed by atoms with Crippen molar-refractivity contribution in [2.75, 3.05) is 33.9 Å². The van der Waals surface area contributed by atoms with Crippen LogP contribution < -0.4 is 22.8 Å². The topological polar surface area (TPSA) is 205 Å². The number of amidine groups is 1. The smallest absolute Gasteiger partial charge is 0.366 e. The third kappa shape index (κ3) is 10.7. The number of ketones is 2. The molecule has 1 aromatic heterocycles. The molecule has 1 aromatic rings. The van der Waals surface area contributed by atoms with Crippen LogP contribution in [0.3, 0.4) is 0 Å². The van der Waals surface area contributed by atoms with Crippen LogP contribution in [0.5, 0.6) is 0 Å². The van der Waals surface area contributed by atoms with Crippen LogP contribution in [-0.2, 0) is 23.9 Å². The van der Waals surface area contributed by atoms with E-state index in [1.807, 2.05) is 0 Å². The quantitative estimate of drug-likeness (QED) is 0.236. The summed E-state index contributed by atoms with van der Waals surface area (Å²) in [6.45, 7) is 13.8. The van der Waals surface area contributed by atoms with Crippen LogP contribution in [0.15, 0.2) is 44.7 Å². The highest BCUT2D eigenvalue weighted by Gasteiger charge is 2.64. The summed E-state index contributed by atoms with van der Waals surface area (Å²) in [5, 5.41) is 7.00. The molecule has 2 saturated carbocycles. The van der Waals surface area contributed by atoms with Crippen molar-refractivity contribution in [3.63, 3.8) is 0 Å². The van der Waals surface area contributed by atoms with E-state index >= 15 is 0 Å². The van der Waals surface area contributed by atoms with Gasteiger partial charge in [-0.25, -0.2) is 14.4 Å². The number of primary amides is 1. The number of esters is 1. The molecule has 274 valence electrons. The fraction of sp³-hybridized carbons (Fsp3) is 0.613. The summed E-state index contributed by atoms with van der Waals surface area (Å²) in [5.41, 5.74) is 0.120. The van der Waals surface area contributed by atoms with Crippen molar-refractivity contribution in [1.29, 1.82) is 0 Å². The third-order valence-corrected chi connectivity index (χ3v) is 9.42. The largest absolute Gasteiger partial charge is 0.468 e. The van der Waals surface area contributed by atoms with E-state index in [0.29, 0.717) is 12.8 Å². The van der Waals surface area contributed by atoms with Crippen molar-refractivity contribution in [3.8, 4) is 0 Å². The number of methoxy groups -OCH3 is 1. The Hall–Kier alpha value is -3.53. The first kappa shape index (κ1) is 43.5. The van der Waals surface area contributed by atoms with Crippen LogP contribution in [0.2, 0.25) is 0 Å². The van der Waals surface area contributed by atoms with Gasteiger partial charge in [0.1, 0.15) is 11.6 Å². The number of rotatable bonds is 7. The van der Waals surface area contributed by atoms with Gasteiger partial charge >= 0.3 is 23.0 Å². The van der Waals surface area contributed by atoms with Crippen molar-refractivity contribution in [2.45, 2.75) is 65.2 Å². The lowest BCUT2D eigenvalue weighted by molar-refractivity contribution is -0.151. The van der Waals surface area contributed by atoms with Gasteiger partial charge in [0.15, 0.2) is 5.41 Å². The summed E-state index contributed by atoms with van der Waals surface area (Å²) in [4.78, 5) is 83.5. The van der Waals surface area contributed by atoms with Gasteiger partial charge in [0.25, 0.3) is 0 Å². The minimum atomic E-state index is -1.16. The van der Waals surface area contributed by atoms with Crippen LogP contribution in [-0.4, -0.2) is 85.4 Å². The standard InChI is InChI=1S/C10H14O2.C9H16N2.C8H11NO3.C3Cl3N3O3.CH4O/c1-4-9-6-10(9,8(3)12)5-7(2)11;1-2-5-9-10-6-4-8-11(9)7-3-1;1-3-5-4-8(5,6(9)10)7(11)12-2;4-7-1(10)8(5)3(12)9(6)2(7)11;1-2/h4,9H,1,5-6H2,2-3H3;1-8H2;3,5H,1,4H2,2H3,(H2,9,10);;2H,1H3/t9-,10-;;5-,8+;;/m0.0../s1. The van der Waals surface area contributed by atoms with Gasteiger partial charge in [0, 0.05) is 86.2 Å². The molecule has 0 radical (unpaired) electrons. The lowest BCUT2D eigenvalue weighted by Crippen LogP contribution is -2.47. The third-order valence-electron chi connectivity index (χ3n) is 8.55. The fourth-order valence-corrected chi connectivity index (χ4v) is 6.18. The number of ether oxygens (including phenoxy) is 1. The number of aromatic nitrogens is 3. The molecule has 0 bridgehead atoms. The van der Waals surface area contributed by atoms with Gasteiger partial charge in [0.2, 0.25) is 5.91 Å². The molecule has 0 unspecified atom stereocenters. The minimum absolute atomic E-state index is 0.0847. The maximum absolute atomic E-state index is 11.2. The van der Waals surface area contributed by atoms with Crippen molar-refractivity contribution in [1.82, 2.24) is 17.2 Å². The van der Waals surface area contributed by atoms with E-state index in [2.05, 4.69) is 27.8 Å². The molecule has 3 fully saturated rings. The Morgan fingerprint density at radius 3 is 1.80 bits per heavy atom. The number of nitrogens with two attached hydrogens (primary N) is 1. The summed E-state index contributed by atoms with van der Waals surface area (Å²) in [6.07, 6.45) is 11.6. The maximum Gasteiger partial charge on any atom is 0.366 e. The first-order valence-electron chi connectivity index (χ1n) is 15.4. The number of carbonyl (C=O) groups excluding carboxylic acids is 4. The van der Waals surface area contributed by atoms with Crippen LogP contribution in [0.1, 0.15) is 65.2 Å². The number of hydrogen-bond acceptors (Lipinski definition) is 11. The first-order valence-corrected chi connectivity index (χ1v) is 16.4. The second kappa shape index (κ2) is 19.6. The Morgan fingerprint density at radius 1 is 0.898 bits per heavy atom. The molecule has 0 spiro atoms. The highest BCUT2D eigenvalue weighted by Crippen LogP contribution is 2.56. The van der Waals surface area contributed by atoms with Crippen molar-refractivity contribution >= 4 is 64.6 Å². The van der Waals surface area contributed by atoms with Gasteiger partial charge < -0.3 is 20.5 Å². The Morgan fingerprint density at radius 2 is 1.41 bits per heavy atom. The Bertz CT molecular complexity index is 1500. The molecule has 15 nitrogen and oxygen atoms in total. The van der Waals surface area contributed by atoms with E-state index in [1.165, 1.54) is 65.1 Å². The van der Waals surface area contributed by atoms with Crippen molar-refractivity contribution in [3.05, 3.63) is 56.8 Å². The van der Waals surface area contributed by atoms with E-state index in [1.54, 1.807) is 19.1 Å². The number of hydrogen-bond donors (Lipinski definition) is 2. The second-order valence-electron chi connectivity index (χ2n) is 11.7. The van der Waals surface area contributed by atoms with Gasteiger partial charge in [-0.2, -0.15) is 0 Å². The zero-order chi connectivity index (χ0) is 37.7. The summed E-state index contributed by atoms with van der Waals surface area (Å²) >= 11 is 15.3. The van der Waals surface area contributed by atoms with Crippen LogP contribution in [0.25, 0.3) is 0 Å². The van der Waals surface area contributed by atoms with E-state index in [4.69, 9.17) is 46.2 Å². The van der Waals surface area contributed by atoms with Gasteiger partial charge in [-0.05, 0) is 51.9 Å². The molecule has 2 aliphatic carbocycles. The van der Waals surface area contributed by atoms with Crippen LogP contribution in [0, 0.1) is 22.7 Å². The van der Waals surface area contributed by atoms with Crippen molar-refractivity contribution in [2.24, 2.45) is 33.4 Å². The maximum atomic E-state index is 11.2. The number of halogens is 3. The average Bonchev–Trinajstić information content (AvgIpc) is 4.01. The molecular weight excluding hydrogens is 707 g/mol.